The number of benzene rings is 1. The number of rotatable bonds is 4. The maximum atomic E-state index is 11.6. The van der Waals surface area contributed by atoms with E-state index in [2.05, 4.69) is 20.7 Å². The summed E-state index contributed by atoms with van der Waals surface area (Å²) in [7, 11) is 0. The molecule has 0 radical (unpaired) electrons. The molecular formula is C12H12ClN5O. The second-order valence-corrected chi connectivity index (χ2v) is 4.93. The van der Waals surface area contributed by atoms with Crippen LogP contribution in [0, 0.1) is 0 Å². The Balaban J connectivity index is 1.68. The second kappa shape index (κ2) is 4.97. The van der Waals surface area contributed by atoms with Crippen molar-refractivity contribution < 1.29 is 4.79 Å². The summed E-state index contributed by atoms with van der Waals surface area (Å²) in [5.74, 6) is 0.401. The van der Waals surface area contributed by atoms with Crippen molar-refractivity contribution in [2.45, 2.75) is 25.4 Å². The normalized spacial score (nSPS) is 14.4. The standard InChI is InChI=1S/C12H12ClN5O/c13-9-3-1-8(2-4-9)12-15-17-18(16-12)7-11(19)14-10-5-6-10/h1-4,10H,5-7H2,(H,14,19). The van der Waals surface area contributed by atoms with Gasteiger partial charge in [-0.3, -0.25) is 4.79 Å². The van der Waals surface area contributed by atoms with E-state index in [0.29, 0.717) is 16.9 Å². The molecule has 0 saturated heterocycles. The third-order valence-electron chi connectivity index (χ3n) is 2.78. The van der Waals surface area contributed by atoms with Crippen LogP contribution in [0.25, 0.3) is 11.4 Å². The fourth-order valence-corrected chi connectivity index (χ4v) is 1.78. The first kappa shape index (κ1) is 12.1. The van der Waals surface area contributed by atoms with E-state index in [1.54, 1.807) is 12.1 Å². The molecule has 1 aliphatic rings. The smallest absolute Gasteiger partial charge is 0.243 e. The number of nitrogens with one attached hydrogen (secondary N) is 1. The molecule has 7 heteroatoms. The van der Waals surface area contributed by atoms with Crippen LogP contribution in [0.5, 0.6) is 0 Å². The molecule has 98 valence electrons. The average Bonchev–Trinajstić information content (AvgIpc) is 3.07. The van der Waals surface area contributed by atoms with Gasteiger partial charge in [0.2, 0.25) is 11.7 Å². The largest absolute Gasteiger partial charge is 0.352 e. The van der Waals surface area contributed by atoms with Gasteiger partial charge < -0.3 is 5.32 Å². The number of nitrogens with zero attached hydrogens (tertiary/aromatic N) is 4. The van der Waals surface area contributed by atoms with Gasteiger partial charge in [0.15, 0.2) is 0 Å². The Morgan fingerprint density at radius 2 is 2.11 bits per heavy atom. The fourth-order valence-electron chi connectivity index (χ4n) is 1.65. The van der Waals surface area contributed by atoms with Gasteiger partial charge >= 0.3 is 0 Å². The van der Waals surface area contributed by atoms with Gasteiger partial charge in [-0.1, -0.05) is 11.6 Å². The molecule has 19 heavy (non-hydrogen) atoms. The highest BCUT2D eigenvalue weighted by Crippen LogP contribution is 2.18. The highest BCUT2D eigenvalue weighted by atomic mass is 35.5. The number of carbonyl (C=O) groups excluding carboxylic acids is 1. The van der Waals surface area contributed by atoms with Gasteiger partial charge in [-0.05, 0) is 42.3 Å². The van der Waals surface area contributed by atoms with E-state index in [4.69, 9.17) is 11.6 Å². The molecule has 1 fully saturated rings. The van der Waals surface area contributed by atoms with E-state index in [-0.39, 0.29) is 12.5 Å². The lowest BCUT2D eigenvalue weighted by Crippen LogP contribution is -2.30. The van der Waals surface area contributed by atoms with Crippen LogP contribution in [-0.2, 0) is 11.3 Å². The number of halogens is 1. The Morgan fingerprint density at radius 1 is 1.37 bits per heavy atom. The van der Waals surface area contributed by atoms with Crippen LogP contribution >= 0.6 is 11.6 Å². The topological polar surface area (TPSA) is 72.7 Å². The molecule has 0 atom stereocenters. The van der Waals surface area contributed by atoms with Crippen molar-refractivity contribution in [2.75, 3.05) is 0 Å². The van der Waals surface area contributed by atoms with Crippen molar-refractivity contribution in [2.24, 2.45) is 0 Å². The van der Waals surface area contributed by atoms with Crippen LogP contribution in [-0.4, -0.2) is 32.2 Å². The van der Waals surface area contributed by atoms with E-state index in [1.165, 1.54) is 4.80 Å². The highest BCUT2D eigenvalue weighted by molar-refractivity contribution is 6.30. The predicted molar refractivity (Wildman–Crippen MR) is 69.4 cm³/mol. The van der Waals surface area contributed by atoms with Crippen molar-refractivity contribution in [3.8, 4) is 11.4 Å². The average molecular weight is 278 g/mol. The molecule has 1 heterocycles. The van der Waals surface area contributed by atoms with Crippen LogP contribution in [0.2, 0.25) is 5.02 Å². The summed E-state index contributed by atoms with van der Waals surface area (Å²) in [5.41, 5.74) is 0.818. The van der Waals surface area contributed by atoms with Crippen LogP contribution < -0.4 is 5.32 Å². The van der Waals surface area contributed by atoms with Crippen molar-refractivity contribution in [3.05, 3.63) is 29.3 Å². The third-order valence-corrected chi connectivity index (χ3v) is 3.03. The Kier molecular flexibility index (Phi) is 3.16. The number of amides is 1. The van der Waals surface area contributed by atoms with E-state index in [9.17, 15) is 4.79 Å². The van der Waals surface area contributed by atoms with Gasteiger partial charge in [-0.15, -0.1) is 10.2 Å². The van der Waals surface area contributed by atoms with E-state index >= 15 is 0 Å². The van der Waals surface area contributed by atoms with E-state index in [0.717, 1.165) is 18.4 Å². The Hall–Kier alpha value is -1.95. The van der Waals surface area contributed by atoms with Crippen LogP contribution in [0.15, 0.2) is 24.3 Å². The molecule has 0 unspecified atom stereocenters. The third kappa shape index (κ3) is 3.08. The summed E-state index contributed by atoms with van der Waals surface area (Å²) in [6, 6.07) is 7.49. The minimum atomic E-state index is -0.0810. The first-order valence-electron chi connectivity index (χ1n) is 6.04. The summed E-state index contributed by atoms with van der Waals surface area (Å²) in [6.07, 6.45) is 2.12. The summed E-state index contributed by atoms with van der Waals surface area (Å²) in [5, 5.41) is 15.5. The van der Waals surface area contributed by atoms with Crippen LogP contribution in [0.1, 0.15) is 12.8 Å². The van der Waals surface area contributed by atoms with Gasteiger partial charge in [-0.2, -0.15) is 4.80 Å². The molecule has 0 spiro atoms. The Morgan fingerprint density at radius 3 is 2.79 bits per heavy atom. The maximum Gasteiger partial charge on any atom is 0.243 e. The van der Waals surface area contributed by atoms with Crippen molar-refractivity contribution >= 4 is 17.5 Å². The van der Waals surface area contributed by atoms with Gasteiger partial charge in [0, 0.05) is 16.6 Å². The molecule has 1 saturated carbocycles. The highest BCUT2D eigenvalue weighted by Gasteiger charge is 2.23. The van der Waals surface area contributed by atoms with Crippen molar-refractivity contribution in [3.63, 3.8) is 0 Å². The number of aromatic nitrogens is 4. The zero-order valence-corrected chi connectivity index (χ0v) is 10.8. The van der Waals surface area contributed by atoms with Crippen molar-refractivity contribution in [1.29, 1.82) is 0 Å². The summed E-state index contributed by atoms with van der Waals surface area (Å²) in [6.45, 7) is 0.0943. The monoisotopic (exact) mass is 277 g/mol. The molecule has 0 bridgehead atoms. The number of hydrogen-bond donors (Lipinski definition) is 1. The lowest BCUT2D eigenvalue weighted by Gasteiger charge is -2.00. The second-order valence-electron chi connectivity index (χ2n) is 4.49. The zero-order valence-electron chi connectivity index (χ0n) is 10.1. The molecule has 1 amide bonds. The minimum absolute atomic E-state index is 0.0810. The van der Waals surface area contributed by atoms with Gasteiger partial charge in [-0.25, -0.2) is 0 Å². The SMILES string of the molecule is O=C(Cn1nnc(-c2ccc(Cl)cc2)n1)NC1CC1. The molecule has 6 nitrogen and oxygen atoms in total. The van der Waals surface area contributed by atoms with Crippen molar-refractivity contribution in [1.82, 2.24) is 25.5 Å². The maximum absolute atomic E-state index is 11.6. The summed E-state index contributed by atoms with van der Waals surface area (Å²) in [4.78, 5) is 12.9. The number of carbonyl (C=O) groups is 1. The van der Waals surface area contributed by atoms with Gasteiger partial charge in [0.1, 0.15) is 6.54 Å². The summed E-state index contributed by atoms with van der Waals surface area (Å²) < 4.78 is 0. The molecule has 1 aromatic heterocycles. The molecule has 0 aliphatic heterocycles. The first-order chi connectivity index (χ1) is 9.20. The Bertz CT molecular complexity index is 590. The lowest BCUT2D eigenvalue weighted by molar-refractivity contribution is -0.122. The molecule has 2 aromatic rings. The van der Waals surface area contributed by atoms with E-state index < -0.39 is 0 Å². The quantitative estimate of drug-likeness (QED) is 0.913. The van der Waals surface area contributed by atoms with Crippen LogP contribution in [0.3, 0.4) is 0 Å². The fraction of sp³-hybridized carbons (Fsp3) is 0.333. The van der Waals surface area contributed by atoms with Gasteiger partial charge in [0.25, 0.3) is 0 Å². The predicted octanol–water partition coefficient (Wildman–Crippen LogP) is 1.27. The molecule has 1 aliphatic carbocycles. The molecular weight excluding hydrogens is 266 g/mol. The summed E-state index contributed by atoms with van der Waals surface area (Å²) >= 11 is 5.81. The molecule has 3 rings (SSSR count). The van der Waals surface area contributed by atoms with Crippen LogP contribution in [0.4, 0.5) is 0 Å². The minimum Gasteiger partial charge on any atom is -0.352 e. The first-order valence-corrected chi connectivity index (χ1v) is 6.41. The lowest BCUT2D eigenvalue weighted by atomic mass is 10.2. The Labute approximate surface area is 114 Å². The van der Waals surface area contributed by atoms with E-state index in [1.807, 2.05) is 12.1 Å². The number of tetrazole rings is 1. The molecule has 1 N–H and O–H groups in total. The van der Waals surface area contributed by atoms with Gasteiger partial charge in [0.05, 0.1) is 0 Å². The zero-order chi connectivity index (χ0) is 13.2. The number of hydrogen-bond acceptors (Lipinski definition) is 4. The molecule has 1 aromatic carbocycles.